The van der Waals surface area contributed by atoms with E-state index < -0.39 is 15.6 Å². The van der Waals surface area contributed by atoms with E-state index in [1.165, 1.54) is 11.4 Å². The third-order valence-corrected chi connectivity index (χ3v) is 7.98. The molecule has 2 aliphatic rings. The van der Waals surface area contributed by atoms with Crippen molar-refractivity contribution in [3.05, 3.63) is 11.8 Å². The molecule has 32 heavy (non-hydrogen) atoms. The highest BCUT2D eigenvalue weighted by Crippen LogP contribution is 2.33. The van der Waals surface area contributed by atoms with Crippen molar-refractivity contribution in [3.8, 4) is 11.9 Å². The number of nitriles is 1. The minimum atomic E-state index is -3.33. The van der Waals surface area contributed by atoms with Crippen molar-refractivity contribution in [2.24, 2.45) is 0 Å². The summed E-state index contributed by atoms with van der Waals surface area (Å²) in [6, 6.07) is 2.11. The van der Waals surface area contributed by atoms with E-state index in [2.05, 4.69) is 21.4 Å². The lowest BCUT2D eigenvalue weighted by atomic mass is 10.0. The first-order valence-electron chi connectivity index (χ1n) is 11.1. The zero-order valence-corrected chi connectivity index (χ0v) is 19.6. The van der Waals surface area contributed by atoms with Gasteiger partial charge in [0.15, 0.2) is 0 Å². The first kappa shape index (κ1) is 24.6. The van der Waals surface area contributed by atoms with Gasteiger partial charge in [0.25, 0.3) is 0 Å². The summed E-state index contributed by atoms with van der Waals surface area (Å²) in [4.78, 5) is 8.84. The van der Waals surface area contributed by atoms with Crippen LogP contribution in [0.15, 0.2) is 6.20 Å². The van der Waals surface area contributed by atoms with Crippen molar-refractivity contribution in [2.45, 2.75) is 69.6 Å². The minimum Gasteiger partial charge on any atom is -0.471 e. The van der Waals surface area contributed by atoms with E-state index in [0.29, 0.717) is 43.3 Å². The van der Waals surface area contributed by atoms with E-state index >= 15 is 0 Å². The molecule has 0 bridgehead atoms. The first-order chi connectivity index (χ1) is 15.2. The molecule has 0 aromatic carbocycles. The maximum Gasteiger partial charge on any atom is 0.226 e. The number of sulfonamides is 1. The smallest absolute Gasteiger partial charge is 0.226 e. The average molecular weight is 468 g/mol. The molecule has 1 aromatic heterocycles. The number of nitrogens with zero attached hydrogens (tertiary/aromatic N) is 4. The minimum absolute atomic E-state index is 0.0156. The molecule has 2 heterocycles. The van der Waals surface area contributed by atoms with Gasteiger partial charge in [0.2, 0.25) is 21.9 Å². The molecule has 0 spiro atoms. The van der Waals surface area contributed by atoms with Crippen LogP contribution in [0.4, 0.5) is 5.95 Å². The Kier molecular flexibility index (Phi) is 8.27. The fourth-order valence-electron chi connectivity index (χ4n) is 4.20. The van der Waals surface area contributed by atoms with Crippen LogP contribution in [0, 0.1) is 11.3 Å². The van der Waals surface area contributed by atoms with Crippen molar-refractivity contribution in [3.63, 3.8) is 0 Å². The predicted molar refractivity (Wildman–Crippen MR) is 119 cm³/mol. The highest BCUT2D eigenvalue weighted by molar-refractivity contribution is 7.89. The van der Waals surface area contributed by atoms with E-state index in [9.17, 15) is 13.5 Å². The molecule has 1 saturated carbocycles. The van der Waals surface area contributed by atoms with Crippen molar-refractivity contribution >= 4 is 16.0 Å². The van der Waals surface area contributed by atoms with Crippen LogP contribution in [0.5, 0.6) is 5.88 Å². The van der Waals surface area contributed by atoms with Crippen molar-refractivity contribution < 1.29 is 23.0 Å². The highest BCUT2D eigenvalue weighted by atomic mass is 32.2. The van der Waals surface area contributed by atoms with Crippen LogP contribution < -0.4 is 10.1 Å². The Morgan fingerprint density at radius 3 is 2.84 bits per heavy atom. The number of aromatic nitrogens is 2. The number of anilines is 1. The van der Waals surface area contributed by atoms with Crippen LogP contribution in [-0.2, 0) is 21.2 Å². The Balaban J connectivity index is 1.67. The van der Waals surface area contributed by atoms with Gasteiger partial charge in [0.05, 0.1) is 30.5 Å². The quantitative estimate of drug-likeness (QED) is 0.553. The summed E-state index contributed by atoms with van der Waals surface area (Å²) >= 11 is 0. The topological polar surface area (TPSA) is 138 Å². The van der Waals surface area contributed by atoms with Crippen molar-refractivity contribution in [1.82, 2.24) is 14.3 Å². The number of rotatable bonds is 9. The molecule has 10 nitrogen and oxygen atoms in total. The summed E-state index contributed by atoms with van der Waals surface area (Å²) in [5.41, 5.74) is -0.348. The van der Waals surface area contributed by atoms with E-state index in [-0.39, 0.29) is 30.9 Å². The van der Waals surface area contributed by atoms with Crippen molar-refractivity contribution in [2.75, 3.05) is 37.9 Å². The number of aliphatic hydroxyl groups is 1. The maximum atomic E-state index is 12.5. The van der Waals surface area contributed by atoms with Gasteiger partial charge in [-0.2, -0.15) is 10.2 Å². The normalized spacial score (nSPS) is 26.9. The SMILES string of the molecule is COCCS(=O)(=O)N1CCCC(Nc2ncc(CC#N)c(O[C@H]3CCC[C@@]3(C)O)n2)CC1. The van der Waals surface area contributed by atoms with Gasteiger partial charge in [-0.1, -0.05) is 0 Å². The molecule has 0 amide bonds. The zero-order chi connectivity index (χ0) is 23.2. The summed E-state index contributed by atoms with van der Waals surface area (Å²) in [6.45, 7) is 2.84. The standard InChI is InChI=1S/C21H33N5O5S/c1-21(27)9-3-6-18(21)31-19-16(7-10-22)15-23-20(25-19)24-17-5-4-11-26(12-8-17)32(28,29)14-13-30-2/h15,17-18,27H,3-9,11-14H2,1-2H3,(H,23,24,25)/t17?,18-,21+/m0/s1. The summed E-state index contributed by atoms with van der Waals surface area (Å²) in [6.07, 6.45) is 5.70. The van der Waals surface area contributed by atoms with Gasteiger partial charge in [0, 0.05) is 38.0 Å². The fourth-order valence-corrected chi connectivity index (χ4v) is 5.63. The summed E-state index contributed by atoms with van der Waals surface area (Å²) in [5, 5.41) is 23.0. The second kappa shape index (κ2) is 10.7. The summed E-state index contributed by atoms with van der Waals surface area (Å²) in [5.74, 6) is 0.671. The zero-order valence-electron chi connectivity index (χ0n) is 18.8. The van der Waals surface area contributed by atoms with E-state index in [4.69, 9.17) is 14.7 Å². The fraction of sp³-hybridized carbons (Fsp3) is 0.762. The molecule has 178 valence electrons. The van der Waals surface area contributed by atoms with Gasteiger partial charge in [-0.3, -0.25) is 0 Å². The molecule has 2 N–H and O–H groups in total. The van der Waals surface area contributed by atoms with Crippen molar-refractivity contribution in [1.29, 1.82) is 5.26 Å². The van der Waals surface area contributed by atoms with Gasteiger partial charge >= 0.3 is 0 Å². The van der Waals surface area contributed by atoms with Crippen LogP contribution in [-0.4, -0.2) is 78.1 Å². The Morgan fingerprint density at radius 2 is 2.16 bits per heavy atom. The third kappa shape index (κ3) is 6.28. The van der Waals surface area contributed by atoms with Crippen LogP contribution in [0.2, 0.25) is 0 Å². The number of nitrogens with one attached hydrogen (secondary N) is 1. The number of hydrogen-bond donors (Lipinski definition) is 2. The Hall–Kier alpha value is -2.00. The predicted octanol–water partition coefficient (Wildman–Crippen LogP) is 1.47. The number of hydrogen-bond acceptors (Lipinski definition) is 9. The second-order valence-corrected chi connectivity index (χ2v) is 10.8. The molecule has 3 atom stereocenters. The van der Waals surface area contributed by atoms with Gasteiger partial charge in [0.1, 0.15) is 6.10 Å². The van der Waals surface area contributed by atoms with E-state index in [1.807, 2.05) is 0 Å². The monoisotopic (exact) mass is 467 g/mol. The van der Waals surface area contributed by atoms with Gasteiger partial charge in [-0.15, -0.1) is 0 Å². The summed E-state index contributed by atoms with van der Waals surface area (Å²) < 4.78 is 37.4. The molecule has 1 saturated heterocycles. The van der Waals surface area contributed by atoms with E-state index in [0.717, 1.165) is 25.7 Å². The molecule has 1 unspecified atom stereocenters. The van der Waals surface area contributed by atoms with Crippen LogP contribution in [0.1, 0.15) is 51.0 Å². The molecule has 3 rings (SSSR count). The molecule has 1 aliphatic heterocycles. The molecular weight excluding hydrogens is 434 g/mol. The highest BCUT2D eigenvalue weighted by Gasteiger charge is 2.39. The lowest BCUT2D eigenvalue weighted by Gasteiger charge is -2.26. The molecule has 0 radical (unpaired) electrons. The summed E-state index contributed by atoms with van der Waals surface area (Å²) in [7, 11) is -1.84. The molecular formula is C21H33N5O5S. The van der Waals surface area contributed by atoms with Gasteiger partial charge in [-0.25, -0.2) is 17.7 Å². The third-order valence-electron chi connectivity index (χ3n) is 6.15. The van der Waals surface area contributed by atoms with Crippen LogP contribution in [0.25, 0.3) is 0 Å². The Morgan fingerprint density at radius 1 is 1.34 bits per heavy atom. The van der Waals surface area contributed by atoms with Crippen LogP contribution >= 0.6 is 0 Å². The molecule has 1 aliphatic carbocycles. The van der Waals surface area contributed by atoms with Gasteiger partial charge < -0.3 is 19.9 Å². The Bertz CT molecular complexity index is 918. The largest absolute Gasteiger partial charge is 0.471 e. The van der Waals surface area contributed by atoms with Gasteiger partial charge in [-0.05, 0) is 45.4 Å². The lowest BCUT2D eigenvalue weighted by Crippen LogP contribution is -2.38. The molecule has 1 aromatic rings. The number of methoxy groups -OCH3 is 1. The van der Waals surface area contributed by atoms with E-state index in [1.54, 1.807) is 13.1 Å². The molecule has 2 fully saturated rings. The number of ether oxygens (including phenoxy) is 2. The van der Waals surface area contributed by atoms with Crippen LogP contribution in [0.3, 0.4) is 0 Å². The maximum absolute atomic E-state index is 12.5. The molecule has 11 heteroatoms. The second-order valence-electron chi connectivity index (χ2n) is 8.69. The lowest BCUT2D eigenvalue weighted by molar-refractivity contribution is -0.0273. The first-order valence-corrected chi connectivity index (χ1v) is 12.7. The average Bonchev–Trinajstić information content (AvgIpc) is 2.93. The Labute approximate surface area is 190 Å².